The van der Waals surface area contributed by atoms with E-state index < -0.39 is 23.4 Å². The van der Waals surface area contributed by atoms with Crippen molar-refractivity contribution in [1.82, 2.24) is 20.1 Å². The van der Waals surface area contributed by atoms with Crippen molar-refractivity contribution < 1.29 is 23.8 Å². The van der Waals surface area contributed by atoms with Crippen molar-refractivity contribution in [2.45, 2.75) is 25.1 Å². The van der Waals surface area contributed by atoms with E-state index >= 15 is 0 Å². The fourth-order valence-corrected chi connectivity index (χ4v) is 5.65. The molecule has 3 N–H and O–H groups in total. The molecule has 1 saturated heterocycles. The number of hydrogen-bond donors (Lipinski definition) is 3. The minimum absolute atomic E-state index is 0.0111. The van der Waals surface area contributed by atoms with Gasteiger partial charge in [-0.1, -0.05) is 59.1 Å². The number of halogens is 4. The van der Waals surface area contributed by atoms with Crippen molar-refractivity contribution in [2.24, 2.45) is 7.05 Å². The Morgan fingerprint density at radius 1 is 1.16 bits per heavy atom. The van der Waals surface area contributed by atoms with E-state index in [4.69, 9.17) is 44.3 Å². The van der Waals surface area contributed by atoms with E-state index in [-0.39, 0.29) is 44.5 Å². The average molecular weight is 663 g/mol. The molecule has 2 atom stereocenters. The summed E-state index contributed by atoms with van der Waals surface area (Å²) in [6.07, 6.45) is 1.24. The quantitative estimate of drug-likeness (QED) is 0.238. The van der Waals surface area contributed by atoms with E-state index in [9.17, 15) is 19.1 Å². The normalized spacial score (nSPS) is 16.5. The van der Waals surface area contributed by atoms with Crippen molar-refractivity contribution in [1.29, 1.82) is 0 Å². The molecule has 0 unspecified atom stereocenters. The first kappa shape index (κ1) is 31.8. The van der Waals surface area contributed by atoms with Crippen LogP contribution in [0, 0.1) is 5.82 Å². The number of ether oxygens (including phenoxy) is 2. The van der Waals surface area contributed by atoms with Gasteiger partial charge in [0, 0.05) is 48.5 Å². The van der Waals surface area contributed by atoms with Gasteiger partial charge in [0.05, 0.1) is 52.5 Å². The van der Waals surface area contributed by atoms with Crippen LogP contribution in [0.5, 0.6) is 5.88 Å². The molecule has 4 aromatic rings. The van der Waals surface area contributed by atoms with Gasteiger partial charge < -0.3 is 25.2 Å². The second-order valence-electron chi connectivity index (χ2n) is 10.0. The average Bonchev–Trinajstić information content (AvgIpc) is 3.00. The van der Waals surface area contributed by atoms with Crippen molar-refractivity contribution in [3.05, 3.63) is 91.0 Å². The highest BCUT2D eigenvalue weighted by Crippen LogP contribution is 2.42. The Labute approximate surface area is 266 Å². The Morgan fingerprint density at radius 2 is 1.93 bits per heavy atom. The molecule has 1 fully saturated rings. The molecule has 2 aromatic carbocycles. The van der Waals surface area contributed by atoms with Gasteiger partial charge in [-0.15, -0.1) is 0 Å². The molecule has 10 nitrogen and oxygen atoms in total. The third kappa shape index (κ3) is 6.58. The van der Waals surface area contributed by atoms with Crippen LogP contribution in [0.25, 0.3) is 22.4 Å². The lowest BCUT2D eigenvalue weighted by molar-refractivity contribution is -0.0281. The van der Waals surface area contributed by atoms with Crippen molar-refractivity contribution in [3.63, 3.8) is 0 Å². The van der Waals surface area contributed by atoms with Gasteiger partial charge in [0.15, 0.2) is 0 Å². The molecule has 0 bridgehead atoms. The summed E-state index contributed by atoms with van der Waals surface area (Å²) in [4.78, 5) is 30.1. The minimum Gasteiger partial charge on any atom is -0.481 e. The van der Waals surface area contributed by atoms with Gasteiger partial charge in [-0.05, 0) is 24.6 Å². The summed E-state index contributed by atoms with van der Waals surface area (Å²) in [5.74, 6) is -1.22. The number of aryl methyl sites for hydroxylation is 1. The maximum absolute atomic E-state index is 14.9. The largest absolute Gasteiger partial charge is 0.481 e. The van der Waals surface area contributed by atoms with Crippen molar-refractivity contribution >= 4 is 46.4 Å². The van der Waals surface area contributed by atoms with E-state index in [0.29, 0.717) is 42.3 Å². The van der Waals surface area contributed by atoms with E-state index in [0.717, 1.165) is 22.5 Å². The number of methoxy groups -OCH3 is 1. The predicted molar refractivity (Wildman–Crippen MR) is 166 cm³/mol. The lowest BCUT2D eigenvalue weighted by atomic mass is 10.00. The van der Waals surface area contributed by atoms with E-state index in [2.05, 4.69) is 20.7 Å². The molecule has 0 radical (unpaired) electrons. The predicted octanol–water partition coefficient (Wildman–Crippen LogP) is 5.11. The third-order valence-electron chi connectivity index (χ3n) is 7.18. The fraction of sp³-hybridized carbons (Fsp3) is 0.267. The highest BCUT2D eigenvalue weighted by molar-refractivity contribution is 6.40. The lowest BCUT2D eigenvalue weighted by Crippen LogP contribution is -2.46. The van der Waals surface area contributed by atoms with E-state index in [1.807, 2.05) is 6.07 Å². The van der Waals surface area contributed by atoms with E-state index in [1.165, 1.54) is 20.2 Å². The summed E-state index contributed by atoms with van der Waals surface area (Å²) in [5, 5.41) is 19.8. The van der Waals surface area contributed by atoms with Gasteiger partial charge in [0.25, 0.3) is 11.5 Å². The van der Waals surface area contributed by atoms with Gasteiger partial charge in [0.2, 0.25) is 5.88 Å². The van der Waals surface area contributed by atoms with E-state index in [1.54, 1.807) is 24.3 Å². The second-order valence-corrected chi connectivity index (χ2v) is 11.2. The standard InChI is InChI=1S/C30H27Cl3FN5O5/c1-39-30(42)25(20(31)13-36-39)28(41)37-23-11-16(34)10-19(27(23)33)17-4-3-5-18(26(17)32)21-7-6-15(29(38-21)43-2)12-35-22-8-9-44-14-24(22)40/h3-7,10-11,13,22,24,35,40H,8-9,12,14H2,1-2H3,(H,37,41)/t22-,24+/m1/s1. The molecular weight excluding hydrogens is 636 g/mol. The Balaban J connectivity index is 1.45. The smallest absolute Gasteiger partial charge is 0.280 e. The number of benzene rings is 2. The number of nitrogens with zero attached hydrogens (tertiary/aromatic N) is 3. The first-order valence-electron chi connectivity index (χ1n) is 13.4. The summed E-state index contributed by atoms with van der Waals surface area (Å²) < 4.78 is 26.7. The van der Waals surface area contributed by atoms with Crippen LogP contribution in [0.2, 0.25) is 15.1 Å². The van der Waals surface area contributed by atoms with Crippen LogP contribution in [0.15, 0.2) is 53.5 Å². The molecule has 1 aliphatic rings. The molecular formula is C30H27Cl3FN5O5. The minimum atomic E-state index is -0.881. The molecule has 0 saturated carbocycles. The maximum atomic E-state index is 14.9. The van der Waals surface area contributed by atoms with Gasteiger partial charge in [0.1, 0.15) is 11.4 Å². The first-order valence-corrected chi connectivity index (χ1v) is 14.6. The van der Waals surface area contributed by atoms with Gasteiger partial charge >= 0.3 is 0 Å². The SMILES string of the molecule is COc1nc(-c2cccc(-c3cc(F)cc(NC(=O)c4c(Cl)cnn(C)c4=O)c3Cl)c2Cl)ccc1CN[C@@H]1CCOC[C@@H]1O. The van der Waals surface area contributed by atoms with Crippen LogP contribution < -0.4 is 20.9 Å². The number of hydrogen-bond acceptors (Lipinski definition) is 8. The molecule has 5 rings (SSSR count). The summed E-state index contributed by atoms with van der Waals surface area (Å²) in [6, 6.07) is 10.9. The number of aliphatic hydroxyl groups is 1. The highest BCUT2D eigenvalue weighted by atomic mass is 35.5. The summed E-state index contributed by atoms with van der Waals surface area (Å²) >= 11 is 19.6. The zero-order chi connectivity index (χ0) is 31.5. The third-order valence-corrected chi connectivity index (χ3v) is 8.28. The van der Waals surface area contributed by atoms with Gasteiger partial charge in [-0.3, -0.25) is 9.59 Å². The molecule has 0 aliphatic carbocycles. The summed E-state index contributed by atoms with van der Waals surface area (Å²) in [5.41, 5.74) is 1.19. The monoisotopic (exact) mass is 661 g/mol. The lowest BCUT2D eigenvalue weighted by Gasteiger charge is -2.28. The molecule has 14 heteroatoms. The second kappa shape index (κ2) is 13.6. The zero-order valence-corrected chi connectivity index (χ0v) is 25.8. The number of carbonyl (C=O) groups is 1. The Morgan fingerprint density at radius 3 is 2.68 bits per heavy atom. The number of rotatable bonds is 8. The number of amides is 1. The molecule has 230 valence electrons. The number of pyridine rings is 1. The van der Waals surface area contributed by atoms with Crippen LogP contribution in [-0.2, 0) is 18.3 Å². The van der Waals surface area contributed by atoms with Crippen LogP contribution in [-0.4, -0.2) is 58.2 Å². The molecule has 2 aromatic heterocycles. The van der Waals surface area contributed by atoms with Gasteiger partial charge in [-0.25, -0.2) is 14.1 Å². The van der Waals surface area contributed by atoms with Crippen molar-refractivity contribution in [3.8, 4) is 28.3 Å². The number of anilines is 1. The van der Waals surface area contributed by atoms with Crippen molar-refractivity contribution in [2.75, 3.05) is 25.6 Å². The number of aromatic nitrogens is 3. The number of carbonyl (C=O) groups excluding carboxylic acids is 1. The molecule has 0 spiro atoms. The first-order chi connectivity index (χ1) is 21.1. The van der Waals surface area contributed by atoms with Gasteiger partial charge in [-0.2, -0.15) is 5.10 Å². The zero-order valence-electron chi connectivity index (χ0n) is 23.5. The Hall–Kier alpha value is -3.58. The number of aliphatic hydroxyl groups excluding tert-OH is 1. The van der Waals surface area contributed by atoms with Crippen LogP contribution in [0.1, 0.15) is 22.3 Å². The van der Waals surface area contributed by atoms with Crippen LogP contribution in [0.3, 0.4) is 0 Å². The fourth-order valence-electron chi connectivity index (χ4n) is 4.86. The van der Waals surface area contributed by atoms with Crippen LogP contribution in [0.4, 0.5) is 10.1 Å². The Bertz CT molecular complexity index is 1790. The highest BCUT2D eigenvalue weighted by Gasteiger charge is 2.24. The Kier molecular flexibility index (Phi) is 9.84. The molecule has 1 amide bonds. The summed E-state index contributed by atoms with van der Waals surface area (Å²) in [7, 11) is 2.87. The summed E-state index contributed by atoms with van der Waals surface area (Å²) in [6.45, 7) is 1.26. The number of nitrogens with one attached hydrogen (secondary N) is 2. The molecule has 44 heavy (non-hydrogen) atoms. The topological polar surface area (TPSA) is 128 Å². The molecule has 3 heterocycles. The van der Waals surface area contributed by atoms with Crippen LogP contribution >= 0.6 is 34.8 Å². The maximum Gasteiger partial charge on any atom is 0.280 e. The molecule has 1 aliphatic heterocycles.